The maximum atomic E-state index is 13.0. The summed E-state index contributed by atoms with van der Waals surface area (Å²) < 4.78 is 1.99. The van der Waals surface area contributed by atoms with Crippen molar-refractivity contribution < 1.29 is 9.59 Å². The molecular formula is C21H21N5O2S3. The number of rotatable bonds is 6. The Balaban J connectivity index is 1.53. The first-order valence-electron chi connectivity index (χ1n) is 9.54. The molecule has 0 fully saturated rings. The Morgan fingerprint density at radius 3 is 2.68 bits per heavy atom. The van der Waals surface area contributed by atoms with Crippen molar-refractivity contribution in [3.05, 3.63) is 56.5 Å². The number of anilines is 1. The molecule has 0 radical (unpaired) electrons. The van der Waals surface area contributed by atoms with Crippen molar-refractivity contribution in [2.45, 2.75) is 34.2 Å². The third kappa shape index (κ3) is 4.46. The number of thiazole rings is 2. The molecule has 4 aromatic rings. The number of nitrogens with one attached hydrogen (secondary N) is 2. The summed E-state index contributed by atoms with van der Waals surface area (Å²) in [5, 5.41) is 9.07. The quantitative estimate of drug-likeness (QED) is 0.417. The number of hydrogen-bond acceptors (Lipinski definition) is 7. The van der Waals surface area contributed by atoms with Crippen LogP contribution < -0.4 is 10.6 Å². The van der Waals surface area contributed by atoms with Crippen LogP contribution in [0.2, 0.25) is 0 Å². The average Bonchev–Trinajstić information content (AvgIpc) is 3.48. The number of hydrogen-bond donors (Lipinski definition) is 2. The first-order valence-corrected chi connectivity index (χ1v) is 12.1. The molecule has 2 N–H and O–H groups in total. The van der Waals surface area contributed by atoms with Crippen molar-refractivity contribution in [2.75, 3.05) is 5.32 Å². The molecule has 0 aliphatic carbocycles. The van der Waals surface area contributed by atoms with E-state index >= 15 is 0 Å². The molecule has 0 atom stereocenters. The molecule has 0 aliphatic heterocycles. The SMILES string of the molecule is CC(=O)NCc1ccc(-c2nc(NC(=O)c3cc(C)n(-c4nccs4)c3C)sc2C)s1. The molecule has 7 nitrogen and oxygen atoms in total. The van der Waals surface area contributed by atoms with E-state index < -0.39 is 0 Å². The van der Waals surface area contributed by atoms with Crippen molar-refractivity contribution in [3.63, 3.8) is 0 Å². The Bertz CT molecular complexity index is 1250. The topological polar surface area (TPSA) is 88.9 Å². The lowest BCUT2D eigenvalue weighted by atomic mass is 10.2. The minimum atomic E-state index is -0.186. The van der Waals surface area contributed by atoms with Gasteiger partial charge in [0.1, 0.15) is 0 Å². The number of amides is 2. The zero-order valence-electron chi connectivity index (χ0n) is 17.5. The lowest BCUT2D eigenvalue weighted by molar-refractivity contribution is -0.119. The number of thiophene rings is 1. The predicted octanol–water partition coefficient (Wildman–Crippen LogP) is 4.93. The van der Waals surface area contributed by atoms with Crippen molar-refractivity contribution in [2.24, 2.45) is 0 Å². The van der Waals surface area contributed by atoms with Gasteiger partial charge in [0.2, 0.25) is 5.91 Å². The van der Waals surface area contributed by atoms with Gasteiger partial charge in [-0.05, 0) is 39.0 Å². The minimum absolute atomic E-state index is 0.0565. The second-order valence-corrected chi connectivity index (χ2v) is 10.2. The summed E-state index contributed by atoms with van der Waals surface area (Å²) in [7, 11) is 0. The monoisotopic (exact) mass is 471 g/mol. The molecule has 0 saturated heterocycles. The van der Waals surface area contributed by atoms with Crippen molar-refractivity contribution in [3.8, 4) is 15.7 Å². The molecule has 4 rings (SSSR count). The fourth-order valence-electron chi connectivity index (χ4n) is 3.27. The maximum Gasteiger partial charge on any atom is 0.259 e. The lowest BCUT2D eigenvalue weighted by Gasteiger charge is -2.05. The van der Waals surface area contributed by atoms with Gasteiger partial charge in [-0.2, -0.15) is 0 Å². The van der Waals surface area contributed by atoms with Crippen LogP contribution in [-0.4, -0.2) is 26.3 Å². The molecule has 2 amide bonds. The van der Waals surface area contributed by atoms with Crippen molar-refractivity contribution >= 4 is 51.0 Å². The Labute approximate surface area is 191 Å². The van der Waals surface area contributed by atoms with E-state index in [2.05, 4.69) is 20.6 Å². The van der Waals surface area contributed by atoms with Crippen molar-refractivity contribution in [1.82, 2.24) is 19.9 Å². The van der Waals surface area contributed by atoms with Gasteiger partial charge in [0, 0.05) is 39.6 Å². The van der Waals surface area contributed by atoms with Gasteiger partial charge in [0.25, 0.3) is 5.91 Å². The molecule has 10 heteroatoms. The first kappa shape index (κ1) is 21.4. The highest BCUT2D eigenvalue weighted by Gasteiger charge is 2.20. The molecule has 0 unspecified atom stereocenters. The van der Waals surface area contributed by atoms with Gasteiger partial charge < -0.3 is 5.32 Å². The Kier molecular flexibility index (Phi) is 6.03. The summed E-state index contributed by atoms with van der Waals surface area (Å²) in [6.07, 6.45) is 1.75. The van der Waals surface area contributed by atoms with E-state index in [1.807, 2.05) is 48.9 Å². The summed E-state index contributed by atoms with van der Waals surface area (Å²) >= 11 is 4.57. The second kappa shape index (κ2) is 8.74. The number of carbonyl (C=O) groups is 2. The van der Waals surface area contributed by atoms with Crippen LogP contribution in [0.15, 0.2) is 29.8 Å². The van der Waals surface area contributed by atoms with Gasteiger partial charge in [-0.1, -0.05) is 0 Å². The largest absolute Gasteiger partial charge is 0.351 e. The van der Waals surface area contributed by atoms with Gasteiger partial charge >= 0.3 is 0 Å². The lowest BCUT2D eigenvalue weighted by Crippen LogP contribution is -2.17. The van der Waals surface area contributed by atoms with Crippen LogP contribution in [0.1, 0.15) is 38.4 Å². The van der Waals surface area contributed by atoms with Crippen LogP contribution in [0.4, 0.5) is 5.13 Å². The molecule has 0 bridgehead atoms. The zero-order chi connectivity index (χ0) is 22.1. The molecule has 4 aromatic heterocycles. The van der Waals surface area contributed by atoms with Crippen LogP contribution in [0.3, 0.4) is 0 Å². The Morgan fingerprint density at radius 1 is 1.16 bits per heavy atom. The average molecular weight is 472 g/mol. The zero-order valence-corrected chi connectivity index (χ0v) is 19.9. The van der Waals surface area contributed by atoms with Gasteiger partial charge in [-0.3, -0.25) is 19.5 Å². The molecule has 4 heterocycles. The Morgan fingerprint density at radius 2 is 1.97 bits per heavy atom. The molecule has 0 saturated carbocycles. The molecule has 0 spiro atoms. The third-order valence-corrected chi connectivity index (χ3v) is 7.44. The molecule has 160 valence electrons. The van der Waals surface area contributed by atoms with Gasteiger partial charge in [0.05, 0.1) is 22.7 Å². The van der Waals surface area contributed by atoms with Gasteiger partial charge in [-0.25, -0.2) is 9.97 Å². The maximum absolute atomic E-state index is 13.0. The summed E-state index contributed by atoms with van der Waals surface area (Å²) in [5.74, 6) is -0.243. The van der Waals surface area contributed by atoms with Gasteiger partial charge in [-0.15, -0.1) is 34.0 Å². The highest BCUT2D eigenvalue weighted by molar-refractivity contribution is 7.18. The number of aromatic nitrogens is 3. The summed E-state index contributed by atoms with van der Waals surface area (Å²) in [5.41, 5.74) is 3.27. The number of carbonyl (C=O) groups excluding carboxylic acids is 2. The van der Waals surface area contributed by atoms with Crippen molar-refractivity contribution in [1.29, 1.82) is 0 Å². The van der Waals surface area contributed by atoms with E-state index in [0.29, 0.717) is 17.2 Å². The van der Waals surface area contributed by atoms with E-state index in [9.17, 15) is 9.59 Å². The number of aryl methyl sites for hydroxylation is 2. The van der Waals surface area contributed by atoms with Gasteiger partial charge in [0.15, 0.2) is 10.3 Å². The van der Waals surface area contributed by atoms with Crippen LogP contribution >= 0.6 is 34.0 Å². The van der Waals surface area contributed by atoms with E-state index in [0.717, 1.165) is 36.8 Å². The smallest absolute Gasteiger partial charge is 0.259 e. The normalized spacial score (nSPS) is 11.0. The standard InChI is InChI=1S/C21H21N5O2S3/c1-11-9-16(12(2)26(11)21-22-7-8-29-21)19(28)25-20-24-18(13(3)30-20)17-6-5-15(31-17)10-23-14(4)27/h5-9H,10H2,1-4H3,(H,23,27)(H,24,25,28). The van der Waals surface area contributed by atoms with E-state index in [4.69, 9.17) is 0 Å². The van der Waals surface area contributed by atoms with E-state index in [-0.39, 0.29) is 11.8 Å². The molecule has 0 aliphatic rings. The highest BCUT2D eigenvalue weighted by atomic mass is 32.1. The predicted molar refractivity (Wildman–Crippen MR) is 127 cm³/mol. The van der Waals surface area contributed by atoms with Crippen LogP contribution in [-0.2, 0) is 11.3 Å². The molecular weight excluding hydrogens is 450 g/mol. The fourth-order valence-corrected chi connectivity index (χ4v) is 5.90. The van der Waals surface area contributed by atoms with Crippen LogP contribution in [0, 0.1) is 20.8 Å². The van der Waals surface area contributed by atoms with Crippen LogP contribution in [0.5, 0.6) is 0 Å². The molecule has 0 aromatic carbocycles. The second-order valence-electron chi connectivity index (χ2n) is 6.99. The fraction of sp³-hybridized carbons (Fsp3) is 0.238. The van der Waals surface area contributed by atoms with E-state index in [1.165, 1.54) is 29.6 Å². The molecule has 31 heavy (non-hydrogen) atoms. The summed E-state index contributed by atoms with van der Waals surface area (Å²) in [4.78, 5) is 36.2. The Hall–Kier alpha value is -2.82. The van der Waals surface area contributed by atoms with E-state index in [1.54, 1.807) is 17.5 Å². The summed E-state index contributed by atoms with van der Waals surface area (Å²) in [6.45, 7) is 7.88. The third-order valence-electron chi connectivity index (χ3n) is 4.71. The first-order chi connectivity index (χ1) is 14.8. The highest BCUT2D eigenvalue weighted by Crippen LogP contribution is 2.35. The number of nitrogens with zero attached hydrogens (tertiary/aromatic N) is 3. The van der Waals surface area contributed by atoms with Crippen LogP contribution in [0.25, 0.3) is 15.7 Å². The minimum Gasteiger partial charge on any atom is -0.351 e. The summed E-state index contributed by atoms with van der Waals surface area (Å²) in [6, 6.07) is 5.86.